The molecule has 0 saturated heterocycles. The van der Waals surface area contributed by atoms with E-state index in [0.29, 0.717) is 5.92 Å². The van der Waals surface area contributed by atoms with Gasteiger partial charge in [-0.3, -0.25) is 0 Å². The van der Waals surface area contributed by atoms with E-state index in [1.165, 1.54) is 0 Å². The van der Waals surface area contributed by atoms with Crippen LogP contribution in [-0.2, 0) is 0 Å². The average Bonchev–Trinajstić information content (AvgIpc) is 2.18. The molecule has 0 unspecified atom stereocenters. The van der Waals surface area contributed by atoms with Crippen LogP contribution < -0.4 is 0 Å². The molecule has 1 rings (SSSR count). The second-order valence-electron chi connectivity index (χ2n) is 4.67. The fourth-order valence-electron chi connectivity index (χ4n) is 1.14. The summed E-state index contributed by atoms with van der Waals surface area (Å²) >= 11 is 0. The molecule has 0 aliphatic heterocycles. The van der Waals surface area contributed by atoms with Gasteiger partial charge in [-0.15, -0.1) is 0 Å². The van der Waals surface area contributed by atoms with Gasteiger partial charge in [-0.2, -0.15) is 4.99 Å². The Morgan fingerprint density at radius 1 is 1.06 bits per heavy atom. The van der Waals surface area contributed by atoms with E-state index in [0.717, 1.165) is 17.2 Å². The molecule has 2 heteroatoms. The second-order valence-corrected chi connectivity index (χ2v) is 4.67. The molecule has 0 atom stereocenters. The molecule has 0 aliphatic carbocycles. The lowest BCUT2D eigenvalue weighted by Gasteiger charge is -2.06. The van der Waals surface area contributed by atoms with Crippen molar-refractivity contribution in [2.75, 3.05) is 0 Å². The minimum Gasteiger partial charge on any atom is -0.241 e. The first-order chi connectivity index (χ1) is 7.49. The van der Waals surface area contributed by atoms with Gasteiger partial charge >= 0.3 is 0 Å². The summed E-state index contributed by atoms with van der Waals surface area (Å²) in [6.07, 6.45) is 0. The lowest BCUT2D eigenvalue weighted by atomic mass is 10.0. The molecule has 16 heavy (non-hydrogen) atoms. The number of hydrogen-bond donors (Lipinski definition) is 1. The summed E-state index contributed by atoms with van der Waals surface area (Å²) < 4.78 is 0. The maximum Gasteiger partial charge on any atom is 0.0918 e. The van der Waals surface area contributed by atoms with E-state index in [1.807, 2.05) is 24.3 Å². The number of hydrogen-bond acceptors (Lipinski definition) is 2. The van der Waals surface area contributed by atoms with Crippen molar-refractivity contribution in [3.63, 3.8) is 0 Å². The topological polar surface area (TPSA) is 36.2 Å². The Morgan fingerprint density at radius 3 is 2.00 bits per heavy atom. The molecule has 0 bridgehead atoms. The molecule has 1 aromatic rings. The van der Waals surface area contributed by atoms with Crippen LogP contribution in [0.5, 0.6) is 0 Å². The van der Waals surface area contributed by atoms with E-state index in [9.17, 15) is 0 Å². The Balaban J connectivity index is 0.000000487. The van der Waals surface area contributed by atoms with Crippen LogP contribution in [0.4, 0.5) is 5.69 Å². The van der Waals surface area contributed by atoms with Crippen molar-refractivity contribution in [2.45, 2.75) is 40.5 Å². The number of benzene rings is 1. The third kappa shape index (κ3) is 6.15. The molecule has 0 radical (unpaired) electrons. The maximum atomic E-state index is 6.76. The van der Waals surface area contributed by atoms with Gasteiger partial charge in [0, 0.05) is 0 Å². The zero-order valence-electron chi connectivity index (χ0n) is 10.9. The Kier molecular flexibility index (Phi) is 7.15. The molecular weight excluding hydrogens is 196 g/mol. The first kappa shape index (κ1) is 14.6. The largest absolute Gasteiger partial charge is 0.241 e. The lowest BCUT2D eigenvalue weighted by molar-refractivity contribution is 0.737. The summed E-state index contributed by atoms with van der Waals surface area (Å²) in [5.41, 5.74) is 2.01. The van der Waals surface area contributed by atoms with Crippen LogP contribution in [0.25, 0.3) is 0 Å². The predicted molar refractivity (Wildman–Crippen MR) is 70.9 cm³/mol. The number of nitrogens with zero attached hydrogens (tertiary/aromatic N) is 1. The summed E-state index contributed by atoms with van der Waals surface area (Å²) in [5.74, 6) is 1.28. The van der Waals surface area contributed by atoms with Crippen molar-refractivity contribution in [3.05, 3.63) is 29.8 Å². The molecule has 0 amide bonds. The molecule has 88 valence electrons. The smallest absolute Gasteiger partial charge is 0.0918 e. The highest BCUT2D eigenvalue weighted by atomic mass is 14.7. The van der Waals surface area contributed by atoms with Crippen molar-refractivity contribution in [2.24, 2.45) is 10.9 Å². The van der Waals surface area contributed by atoms with Crippen LogP contribution in [-0.4, -0.2) is 6.01 Å². The number of para-hydroxylation sites is 1. The first-order valence-electron chi connectivity index (χ1n) is 5.70. The molecule has 0 fully saturated rings. The molecule has 2 nitrogen and oxygen atoms in total. The zero-order chi connectivity index (χ0) is 12.6. The van der Waals surface area contributed by atoms with Gasteiger partial charge in [-0.1, -0.05) is 52.8 Å². The van der Waals surface area contributed by atoms with Crippen molar-refractivity contribution in [3.8, 4) is 0 Å². The van der Waals surface area contributed by atoms with Crippen molar-refractivity contribution in [1.29, 1.82) is 5.41 Å². The van der Waals surface area contributed by atoms with Crippen molar-refractivity contribution in [1.82, 2.24) is 0 Å². The van der Waals surface area contributed by atoms with Crippen molar-refractivity contribution >= 4 is 11.7 Å². The molecule has 0 heterocycles. The van der Waals surface area contributed by atoms with E-state index in [-0.39, 0.29) is 0 Å². The number of aliphatic imine (C=N–C) groups is 1. The molecule has 1 N–H and O–H groups in total. The Morgan fingerprint density at radius 2 is 1.56 bits per heavy atom. The summed E-state index contributed by atoms with van der Waals surface area (Å²) in [6, 6.07) is 9.89. The normalized spacial score (nSPS) is 9.44. The van der Waals surface area contributed by atoms with Gasteiger partial charge < -0.3 is 0 Å². The molecule has 0 saturated carbocycles. The van der Waals surface area contributed by atoms with Crippen LogP contribution >= 0.6 is 0 Å². The second kappa shape index (κ2) is 7.84. The monoisotopic (exact) mass is 218 g/mol. The van der Waals surface area contributed by atoms with Gasteiger partial charge in [0.1, 0.15) is 0 Å². The fraction of sp³-hybridized carbons (Fsp3) is 0.500. The summed E-state index contributed by atoms with van der Waals surface area (Å²) in [4.78, 5) is 3.84. The predicted octanol–water partition coefficient (Wildman–Crippen LogP) is 4.86. The van der Waals surface area contributed by atoms with E-state index in [2.05, 4.69) is 45.6 Å². The molecule has 1 aromatic carbocycles. The van der Waals surface area contributed by atoms with Gasteiger partial charge in [0.05, 0.1) is 11.7 Å². The third-order valence-electron chi connectivity index (χ3n) is 1.74. The fourth-order valence-corrected chi connectivity index (χ4v) is 1.14. The van der Waals surface area contributed by atoms with Crippen LogP contribution in [0, 0.1) is 11.3 Å². The van der Waals surface area contributed by atoms with Crippen molar-refractivity contribution < 1.29 is 0 Å². The van der Waals surface area contributed by atoms with Gasteiger partial charge in [0.15, 0.2) is 0 Å². The van der Waals surface area contributed by atoms with E-state index in [4.69, 9.17) is 5.41 Å². The third-order valence-corrected chi connectivity index (χ3v) is 1.74. The van der Waals surface area contributed by atoms with E-state index < -0.39 is 0 Å². The molecular formula is C14H22N2. The lowest BCUT2D eigenvalue weighted by Crippen LogP contribution is -1.86. The van der Waals surface area contributed by atoms with Crippen LogP contribution in [0.3, 0.4) is 0 Å². The average molecular weight is 218 g/mol. The van der Waals surface area contributed by atoms with E-state index in [1.54, 1.807) is 0 Å². The van der Waals surface area contributed by atoms with Crippen LogP contribution in [0.2, 0.25) is 0 Å². The van der Waals surface area contributed by atoms with E-state index >= 15 is 0 Å². The molecule has 0 aliphatic rings. The van der Waals surface area contributed by atoms with Gasteiger partial charge in [0.2, 0.25) is 0 Å². The highest BCUT2D eigenvalue weighted by molar-refractivity contribution is 5.55. The standard InChI is InChI=1S/C10H12N2.C4H10/c1-8(2)9-5-3-4-6-10(9)12-7-11;1-4(2)3/h3-6,8,11H,1-2H3;4H,1-3H3. The summed E-state index contributed by atoms with van der Waals surface area (Å²) in [5, 5.41) is 6.76. The number of nitrogens with one attached hydrogen (secondary N) is 1. The van der Waals surface area contributed by atoms with Crippen LogP contribution in [0.15, 0.2) is 29.3 Å². The molecule has 0 aromatic heterocycles. The minimum atomic E-state index is 0.443. The minimum absolute atomic E-state index is 0.443. The Bertz CT molecular complexity index is 345. The number of rotatable bonds is 2. The summed E-state index contributed by atoms with van der Waals surface area (Å²) in [6.45, 7) is 10.7. The van der Waals surface area contributed by atoms with Crippen LogP contribution in [0.1, 0.15) is 46.1 Å². The van der Waals surface area contributed by atoms with Gasteiger partial charge in [0.25, 0.3) is 0 Å². The van der Waals surface area contributed by atoms with Gasteiger partial charge in [-0.05, 0) is 23.5 Å². The highest BCUT2D eigenvalue weighted by Crippen LogP contribution is 2.25. The maximum absolute atomic E-state index is 6.76. The Labute approximate surface area is 98.9 Å². The zero-order valence-corrected chi connectivity index (χ0v) is 10.9. The molecule has 0 spiro atoms. The Hall–Kier alpha value is -1.40. The SMILES string of the molecule is CC(C)C.CC(C)c1ccccc1N=C=N. The first-order valence-corrected chi connectivity index (χ1v) is 5.70. The highest BCUT2D eigenvalue weighted by Gasteiger charge is 2.03. The van der Waals surface area contributed by atoms with Gasteiger partial charge in [-0.25, -0.2) is 5.41 Å². The summed E-state index contributed by atoms with van der Waals surface area (Å²) in [7, 11) is 0. The quantitative estimate of drug-likeness (QED) is 0.688.